The first-order chi connectivity index (χ1) is 21.2. The second kappa shape index (κ2) is 16.0. The minimum Gasteiger partial charge on any atom is -0.390 e. The third-order valence-electron chi connectivity index (χ3n) is 7.21. The van der Waals surface area contributed by atoms with Crippen LogP contribution in [-0.4, -0.2) is 50.9 Å². The van der Waals surface area contributed by atoms with Gasteiger partial charge in [-0.05, 0) is 56.5 Å². The fraction of sp³-hybridized carbons (Fsp3) is 0.250. The molecule has 0 radical (unpaired) electrons. The van der Waals surface area contributed by atoms with Crippen LogP contribution in [0.2, 0.25) is 0 Å². The van der Waals surface area contributed by atoms with Crippen molar-refractivity contribution in [1.29, 1.82) is 5.41 Å². The summed E-state index contributed by atoms with van der Waals surface area (Å²) in [5.74, 6) is 0.411. The van der Waals surface area contributed by atoms with Gasteiger partial charge in [-0.15, -0.1) is 0 Å². The van der Waals surface area contributed by atoms with Crippen LogP contribution in [0.1, 0.15) is 71.3 Å². The molecule has 1 atom stereocenters. The predicted molar refractivity (Wildman–Crippen MR) is 177 cm³/mol. The molecule has 44 heavy (non-hydrogen) atoms. The largest absolute Gasteiger partial charge is 0.390 e. The molecule has 0 unspecified atom stereocenters. The molecule has 2 heterocycles. The number of aldehydes is 1. The zero-order valence-corrected chi connectivity index (χ0v) is 26.0. The number of aryl methyl sites for hydroxylation is 1. The lowest BCUT2D eigenvalue weighted by Crippen LogP contribution is -2.22. The number of hydrogen-bond donors (Lipinski definition) is 3. The number of aromatic nitrogens is 3. The van der Waals surface area contributed by atoms with Gasteiger partial charge in [0.05, 0.1) is 17.0 Å². The number of hydrogen-bond acceptors (Lipinski definition) is 6. The van der Waals surface area contributed by atoms with Crippen LogP contribution in [0.4, 0.5) is 0 Å². The smallest absolute Gasteiger partial charge is 0.251 e. The fourth-order valence-electron chi connectivity index (χ4n) is 4.49. The second-order valence-electron chi connectivity index (χ2n) is 10.6. The lowest BCUT2D eigenvalue weighted by molar-refractivity contribution is 0.0572. The number of rotatable bonds is 11. The van der Waals surface area contributed by atoms with Crippen LogP contribution in [0.15, 0.2) is 96.7 Å². The highest BCUT2D eigenvalue weighted by molar-refractivity contribution is 6.01. The molecule has 1 amide bonds. The monoisotopic (exact) mass is 591 g/mol. The highest BCUT2D eigenvalue weighted by Crippen LogP contribution is 2.27. The number of carbonyl (C=O) groups is 2. The molecule has 2 aromatic heterocycles. The second-order valence-corrected chi connectivity index (χ2v) is 10.6. The van der Waals surface area contributed by atoms with Crippen LogP contribution < -0.4 is 5.32 Å². The molecule has 0 saturated heterocycles. The Morgan fingerprint density at radius 1 is 1.09 bits per heavy atom. The van der Waals surface area contributed by atoms with Crippen molar-refractivity contribution in [2.75, 3.05) is 7.05 Å². The summed E-state index contributed by atoms with van der Waals surface area (Å²) in [6.07, 6.45) is 12.0. The van der Waals surface area contributed by atoms with Crippen molar-refractivity contribution in [2.45, 2.75) is 52.6 Å². The Kier molecular flexibility index (Phi) is 12.2. The normalized spacial score (nSPS) is 12.6. The summed E-state index contributed by atoms with van der Waals surface area (Å²) in [6, 6.07) is 20.7. The van der Waals surface area contributed by atoms with E-state index in [2.05, 4.69) is 34.7 Å². The van der Waals surface area contributed by atoms with Crippen molar-refractivity contribution < 1.29 is 14.7 Å². The van der Waals surface area contributed by atoms with E-state index < -0.39 is 5.60 Å². The zero-order valence-electron chi connectivity index (χ0n) is 26.0. The van der Waals surface area contributed by atoms with Crippen LogP contribution >= 0.6 is 0 Å². The molecule has 0 saturated carbocycles. The van der Waals surface area contributed by atoms with Gasteiger partial charge in [-0.25, -0.2) is 9.67 Å². The maximum absolute atomic E-state index is 11.1. The molecule has 8 heteroatoms. The zero-order chi connectivity index (χ0) is 32.1. The first-order valence-electron chi connectivity index (χ1n) is 14.6. The third-order valence-corrected chi connectivity index (χ3v) is 7.21. The molecule has 0 bridgehead atoms. The molecule has 0 aliphatic carbocycles. The maximum Gasteiger partial charge on any atom is 0.251 e. The number of aliphatic hydroxyl groups is 1. The number of allylic oxidation sites excluding steroid dienone is 3. The molecule has 8 nitrogen and oxygen atoms in total. The van der Waals surface area contributed by atoms with E-state index in [1.807, 2.05) is 70.3 Å². The molecular weight excluding hydrogens is 550 g/mol. The average molecular weight is 592 g/mol. The molecule has 0 aliphatic rings. The summed E-state index contributed by atoms with van der Waals surface area (Å²) in [6.45, 7) is 7.80. The molecule has 2 aromatic carbocycles. The molecule has 0 aliphatic heterocycles. The van der Waals surface area contributed by atoms with Crippen LogP contribution in [0.25, 0.3) is 16.9 Å². The molecule has 228 valence electrons. The van der Waals surface area contributed by atoms with Crippen molar-refractivity contribution in [1.82, 2.24) is 20.1 Å². The quantitative estimate of drug-likeness (QED) is 0.102. The van der Waals surface area contributed by atoms with E-state index in [4.69, 9.17) is 10.4 Å². The van der Waals surface area contributed by atoms with E-state index in [1.54, 1.807) is 28.9 Å². The maximum atomic E-state index is 11.1. The van der Waals surface area contributed by atoms with Crippen LogP contribution in [0, 0.1) is 12.3 Å². The van der Waals surface area contributed by atoms with Crippen molar-refractivity contribution in [3.63, 3.8) is 0 Å². The molecule has 4 rings (SSSR count). The van der Waals surface area contributed by atoms with E-state index in [-0.39, 0.29) is 5.91 Å². The molecule has 4 aromatic rings. The summed E-state index contributed by atoms with van der Waals surface area (Å²) in [5, 5.41) is 25.3. The average Bonchev–Trinajstić information content (AvgIpc) is 3.50. The van der Waals surface area contributed by atoms with Crippen LogP contribution in [-0.2, 0) is 6.42 Å². The van der Waals surface area contributed by atoms with Crippen LogP contribution in [0.3, 0.4) is 0 Å². The Balaban J connectivity index is 0.000000369. The van der Waals surface area contributed by atoms with Gasteiger partial charge in [-0.2, -0.15) is 5.10 Å². The first kappa shape index (κ1) is 33.6. The summed E-state index contributed by atoms with van der Waals surface area (Å²) in [5.41, 5.74) is 5.81. The minimum atomic E-state index is -0.712. The van der Waals surface area contributed by atoms with Gasteiger partial charge in [0.1, 0.15) is 0 Å². The molecule has 0 spiro atoms. The lowest BCUT2D eigenvalue weighted by atomic mass is 9.93. The number of nitrogens with zero attached hydrogens (tertiary/aromatic N) is 3. The Morgan fingerprint density at radius 3 is 2.39 bits per heavy atom. The van der Waals surface area contributed by atoms with Crippen molar-refractivity contribution in [2.24, 2.45) is 0 Å². The highest BCUT2D eigenvalue weighted by atomic mass is 16.3. The Bertz CT molecular complexity index is 1630. The van der Waals surface area contributed by atoms with Gasteiger partial charge in [-0.3, -0.25) is 9.59 Å². The Morgan fingerprint density at radius 2 is 1.80 bits per heavy atom. The van der Waals surface area contributed by atoms with Crippen molar-refractivity contribution in [3.8, 4) is 16.9 Å². The number of carbonyl (C=O) groups excluding carboxylic acids is 2. The summed E-state index contributed by atoms with van der Waals surface area (Å²) < 4.78 is 1.73. The van der Waals surface area contributed by atoms with Gasteiger partial charge in [-0.1, -0.05) is 73.7 Å². The van der Waals surface area contributed by atoms with Gasteiger partial charge >= 0.3 is 0 Å². The van der Waals surface area contributed by atoms with E-state index >= 15 is 0 Å². The van der Waals surface area contributed by atoms with Gasteiger partial charge in [0.15, 0.2) is 12.1 Å². The molecular formula is C36H41N5O3. The standard InChI is InChI=1S/C27H32N4O.C9H9NO2/c1-5-21(18-27(4,32)6-2)11-10-14-25-24(22-12-8-7-9-13-22)17-23(19-28)26(29-25)31-16-15-20(3)30-31;1-10-9(12)8-5-3-2-4-7(8)6-11/h5,7-13,15-17,19,28,32H,6,14,18H2,1-4H3;2-6H,1H3,(H,10,12)/b11-10-,21-5+,28-19?;/t27-;/m1./s1. The van der Waals surface area contributed by atoms with E-state index in [9.17, 15) is 14.7 Å². The van der Waals surface area contributed by atoms with Gasteiger partial charge < -0.3 is 15.8 Å². The molecule has 0 fully saturated rings. The number of amides is 1. The lowest BCUT2D eigenvalue weighted by Gasteiger charge is -2.21. The number of benzene rings is 2. The van der Waals surface area contributed by atoms with E-state index in [0.717, 1.165) is 28.1 Å². The van der Waals surface area contributed by atoms with E-state index in [1.165, 1.54) is 13.3 Å². The summed E-state index contributed by atoms with van der Waals surface area (Å²) in [7, 11) is 1.53. The minimum absolute atomic E-state index is 0.238. The van der Waals surface area contributed by atoms with E-state index in [0.29, 0.717) is 48.1 Å². The number of nitrogens with one attached hydrogen (secondary N) is 2. The topological polar surface area (TPSA) is 121 Å². The summed E-state index contributed by atoms with van der Waals surface area (Å²) in [4.78, 5) is 26.5. The van der Waals surface area contributed by atoms with Gasteiger partial charge in [0.25, 0.3) is 5.91 Å². The fourth-order valence-corrected chi connectivity index (χ4v) is 4.49. The third kappa shape index (κ3) is 9.02. The first-order valence-corrected chi connectivity index (χ1v) is 14.6. The Labute approximate surface area is 259 Å². The highest BCUT2D eigenvalue weighted by Gasteiger charge is 2.18. The molecule has 3 N–H and O–H groups in total. The predicted octanol–water partition coefficient (Wildman–Crippen LogP) is 6.70. The summed E-state index contributed by atoms with van der Waals surface area (Å²) >= 11 is 0. The van der Waals surface area contributed by atoms with Gasteiger partial charge in [0, 0.05) is 54.6 Å². The SMILES string of the molecule is C/C=C(\C=C/Cc1nc(-n2ccc(C)n2)c(C=N)cc1-c1ccccc1)C[C@](C)(O)CC.CNC(=O)c1ccccc1C=O. The number of pyridine rings is 1. The van der Waals surface area contributed by atoms with Crippen molar-refractivity contribution in [3.05, 3.63) is 125 Å². The van der Waals surface area contributed by atoms with Gasteiger partial charge in [0.2, 0.25) is 0 Å². The van der Waals surface area contributed by atoms with Crippen LogP contribution in [0.5, 0.6) is 0 Å². The Hall–Kier alpha value is -4.95. The van der Waals surface area contributed by atoms with Crippen molar-refractivity contribution >= 4 is 18.4 Å².